The van der Waals surface area contributed by atoms with Crippen LogP contribution in [0.2, 0.25) is 0 Å². The van der Waals surface area contributed by atoms with Gasteiger partial charge in [0.15, 0.2) is 0 Å². The summed E-state index contributed by atoms with van der Waals surface area (Å²) in [6, 6.07) is 10.0. The number of benzene rings is 1. The number of hydrogen-bond donors (Lipinski definition) is 2. The largest absolute Gasteiger partial charge is 0.372 e. The molecule has 0 spiro atoms. The van der Waals surface area contributed by atoms with E-state index in [0.717, 1.165) is 23.5 Å². The molecular formula is C16H21N3O2. The maximum atomic E-state index is 11.5. The van der Waals surface area contributed by atoms with Gasteiger partial charge in [-0.2, -0.15) is 0 Å². The van der Waals surface area contributed by atoms with E-state index in [2.05, 4.69) is 15.3 Å². The molecule has 0 saturated heterocycles. The van der Waals surface area contributed by atoms with E-state index >= 15 is 0 Å². The fraction of sp³-hybridized carbons (Fsp3) is 0.375. The van der Waals surface area contributed by atoms with Crippen molar-refractivity contribution in [1.82, 2.24) is 15.3 Å². The number of carbonyl (C=O) groups is 1. The van der Waals surface area contributed by atoms with Crippen LogP contribution in [0.4, 0.5) is 0 Å². The van der Waals surface area contributed by atoms with Crippen LogP contribution in [0.3, 0.4) is 0 Å². The minimum Gasteiger partial charge on any atom is -0.372 e. The van der Waals surface area contributed by atoms with E-state index < -0.39 is 0 Å². The van der Waals surface area contributed by atoms with Crippen molar-refractivity contribution in [3.63, 3.8) is 0 Å². The first kappa shape index (κ1) is 15.3. The van der Waals surface area contributed by atoms with Gasteiger partial charge in [-0.1, -0.05) is 37.3 Å². The van der Waals surface area contributed by atoms with Gasteiger partial charge in [0.1, 0.15) is 12.4 Å². The van der Waals surface area contributed by atoms with Gasteiger partial charge in [0.05, 0.1) is 11.9 Å². The molecule has 0 bridgehead atoms. The van der Waals surface area contributed by atoms with Crippen LogP contribution in [0.5, 0.6) is 0 Å². The lowest BCUT2D eigenvalue weighted by molar-refractivity contribution is -0.125. The summed E-state index contributed by atoms with van der Waals surface area (Å²) in [5, 5.41) is 2.82. The van der Waals surface area contributed by atoms with Crippen LogP contribution in [-0.4, -0.2) is 35.6 Å². The Morgan fingerprint density at radius 3 is 2.90 bits per heavy atom. The summed E-state index contributed by atoms with van der Waals surface area (Å²) in [4.78, 5) is 19.1. The lowest BCUT2D eigenvalue weighted by atomic mass is 10.2. The fourth-order valence-corrected chi connectivity index (χ4v) is 1.93. The van der Waals surface area contributed by atoms with Crippen LogP contribution in [0.1, 0.15) is 19.2 Å². The number of amides is 1. The monoisotopic (exact) mass is 287 g/mol. The van der Waals surface area contributed by atoms with Crippen molar-refractivity contribution in [2.75, 3.05) is 19.8 Å². The molecule has 0 radical (unpaired) electrons. The SMILES string of the molecule is CCCOCC(=O)NCCc1ncc(-c2ccccc2)[nH]1. The number of nitrogens with one attached hydrogen (secondary N) is 2. The zero-order valence-corrected chi connectivity index (χ0v) is 12.3. The normalized spacial score (nSPS) is 10.5. The van der Waals surface area contributed by atoms with Gasteiger partial charge in [0, 0.05) is 19.6 Å². The van der Waals surface area contributed by atoms with E-state index in [1.807, 2.05) is 43.5 Å². The third-order valence-electron chi connectivity index (χ3n) is 2.98. The minimum atomic E-state index is -0.0849. The second-order valence-corrected chi connectivity index (χ2v) is 4.76. The average Bonchev–Trinajstić information content (AvgIpc) is 2.97. The molecular weight excluding hydrogens is 266 g/mol. The maximum absolute atomic E-state index is 11.5. The fourth-order valence-electron chi connectivity index (χ4n) is 1.93. The summed E-state index contributed by atoms with van der Waals surface area (Å²) in [5.74, 6) is 0.780. The Bertz CT molecular complexity index is 552. The molecule has 2 N–H and O–H groups in total. The first-order chi connectivity index (χ1) is 10.3. The van der Waals surface area contributed by atoms with Gasteiger partial charge in [-0.05, 0) is 12.0 Å². The van der Waals surface area contributed by atoms with E-state index in [1.165, 1.54) is 0 Å². The quantitative estimate of drug-likeness (QED) is 0.731. The number of H-pyrrole nitrogens is 1. The van der Waals surface area contributed by atoms with Gasteiger partial charge < -0.3 is 15.0 Å². The van der Waals surface area contributed by atoms with Gasteiger partial charge in [0.2, 0.25) is 5.91 Å². The molecule has 0 aliphatic carbocycles. The molecule has 0 aliphatic rings. The molecule has 1 aromatic heterocycles. The van der Waals surface area contributed by atoms with Crippen LogP contribution in [0.25, 0.3) is 11.3 Å². The molecule has 0 atom stereocenters. The molecule has 2 aromatic rings. The molecule has 0 aliphatic heterocycles. The van der Waals surface area contributed by atoms with Crippen LogP contribution < -0.4 is 5.32 Å². The predicted molar refractivity (Wildman–Crippen MR) is 81.8 cm³/mol. The van der Waals surface area contributed by atoms with Gasteiger partial charge in [-0.15, -0.1) is 0 Å². The molecule has 1 amide bonds. The number of aromatic amines is 1. The predicted octanol–water partition coefficient (Wildman–Crippen LogP) is 2.16. The third-order valence-corrected chi connectivity index (χ3v) is 2.98. The number of nitrogens with zero attached hydrogens (tertiary/aromatic N) is 1. The van der Waals surface area contributed by atoms with E-state index in [0.29, 0.717) is 19.6 Å². The van der Waals surface area contributed by atoms with Crippen molar-refractivity contribution in [1.29, 1.82) is 0 Å². The Balaban J connectivity index is 1.75. The molecule has 1 aromatic carbocycles. The van der Waals surface area contributed by atoms with Crippen LogP contribution >= 0.6 is 0 Å². The number of imidazole rings is 1. The molecule has 0 unspecified atom stereocenters. The highest BCUT2D eigenvalue weighted by Crippen LogP contribution is 2.15. The summed E-state index contributed by atoms with van der Waals surface area (Å²) in [6.45, 7) is 3.31. The van der Waals surface area contributed by atoms with Gasteiger partial charge in [-0.25, -0.2) is 4.98 Å². The smallest absolute Gasteiger partial charge is 0.246 e. The van der Waals surface area contributed by atoms with Crippen LogP contribution in [-0.2, 0) is 16.0 Å². The summed E-state index contributed by atoms with van der Waals surface area (Å²) in [6.07, 6.45) is 3.41. The number of rotatable bonds is 8. The number of aromatic nitrogens is 2. The van der Waals surface area contributed by atoms with E-state index in [9.17, 15) is 4.79 Å². The first-order valence-electron chi connectivity index (χ1n) is 7.23. The molecule has 112 valence electrons. The Kier molecular flexibility index (Phi) is 5.97. The van der Waals surface area contributed by atoms with Crippen molar-refractivity contribution in [3.05, 3.63) is 42.4 Å². The molecule has 21 heavy (non-hydrogen) atoms. The first-order valence-corrected chi connectivity index (χ1v) is 7.23. The van der Waals surface area contributed by atoms with Crippen molar-refractivity contribution in [3.8, 4) is 11.3 Å². The Morgan fingerprint density at radius 1 is 1.33 bits per heavy atom. The maximum Gasteiger partial charge on any atom is 0.246 e. The van der Waals surface area contributed by atoms with Crippen molar-refractivity contribution < 1.29 is 9.53 Å². The average molecular weight is 287 g/mol. The van der Waals surface area contributed by atoms with E-state index in [1.54, 1.807) is 0 Å². The van der Waals surface area contributed by atoms with Crippen molar-refractivity contribution in [2.45, 2.75) is 19.8 Å². The zero-order chi connectivity index (χ0) is 14.9. The Hall–Kier alpha value is -2.14. The van der Waals surface area contributed by atoms with Crippen LogP contribution in [0.15, 0.2) is 36.5 Å². The lowest BCUT2D eigenvalue weighted by Crippen LogP contribution is -2.29. The van der Waals surface area contributed by atoms with E-state index in [4.69, 9.17) is 4.74 Å². The van der Waals surface area contributed by atoms with E-state index in [-0.39, 0.29) is 12.5 Å². The molecule has 5 heteroatoms. The van der Waals surface area contributed by atoms with Gasteiger partial charge >= 0.3 is 0 Å². The third kappa shape index (κ3) is 5.04. The highest BCUT2D eigenvalue weighted by atomic mass is 16.5. The standard InChI is InChI=1S/C16H21N3O2/c1-2-10-21-12-16(20)17-9-8-15-18-11-14(19-15)13-6-4-3-5-7-13/h3-7,11H,2,8-10,12H2,1H3,(H,17,20)(H,18,19). The van der Waals surface area contributed by atoms with Crippen molar-refractivity contribution >= 4 is 5.91 Å². The summed E-state index contributed by atoms with van der Waals surface area (Å²) in [5.41, 5.74) is 2.09. The van der Waals surface area contributed by atoms with Crippen molar-refractivity contribution in [2.24, 2.45) is 0 Å². The molecule has 1 heterocycles. The summed E-state index contributed by atoms with van der Waals surface area (Å²) in [7, 11) is 0. The second kappa shape index (κ2) is 8.21. The highest BCUT2D eigenvalue weighted by molar-refractivity contribution is 5.77. The molecule has 5 nitrogen and oxygen atoms in total. The summed E-state index contributed by atoms with van der Waals surface area (Å²) < 4.78 is 5.17. The zero-order valence-electron chi connectivity index (χ0n) is 12.3. The molecule has 0 fully saturated rings. The number of carbonyl (C=O) groups excluding carboxylic acids is 1. The minimum absolute atomic E-state index is 0.0849. The number of ether oxygens (including phenoxy) is 1. The van der Waals surface area contributed by atoms with Gasteiger partial charge in [0.25, 0.3) is 0 Å². The second-order valence-electron chi connectivity index (χ2n) is 4.76. The van der Waals surface area contributed by atoms with Crippen LogP contribution in [0, 0.1) is 0 Å². The van der Waals surface area contributed by atoms with Gasteiger partial charge in [-0.3, -0.25) is 4.79 Å². The molecule has 2 rings (SSSR count). The topological polar surface area (TPSA) is 67.0 Å². The Morgan fingerprint density at radius 2 is 2.14 bits per heavy atom. The lowest BCUT2D eigenvalue weighted by Gasteiger charge is -2.04. The molecule has 0 saturated carbocycles. The Labute approximate surface area is 124 Å². The summed E-state index contributed by atoms with van der Waals surface area (Å²) >= 11 is 0. The number of hydrogen-bond acceptors (Lipinski definition) is 3. The highest BCUT2D eigenvalue weighted by Gasteiger charge is 2.04.